The van der Waals surface area contributed by atoms with E-state index in [9.17, 15) is 9.59 Å². The first-order valence-electron chi connectivity index (χ1n) is 5.47. The number of carbonyl (C=O) groups is 2. The van der Waals surface area contributed by atoms with Crippen LogP contribution in [0.25, 0.3) is 0 Å². The van der Waals surface area contributed by atoms with Gasteiger partial charge < -0.3 is 16.4 Å². The predicted molar refractivity (Wildman–Crippen MR) is 67.8 cm³/mol. The lowest BCUT2D eigenvalue weighted by Crippen LogP contribution is -2.22. The number of amides is 2. The zero-order valence-corrected chi connectivity index (χ0v) is 10.0. The van der Waals surface area contributed by atoms with Crippen molar-refractivity contribution in [2.45, 2.75) is 20.3 Å². The summed E-state index contributed by atoms with van der Waals surface area (Å²) in [6.45, 7) is 3.55. The lowest BCUT2D eigenvalue weighted by Gasteiger charge is -2.12. The van der Waals surface area contributed by atoms with Crippen molar-refractivity contribution in [1.29, 1.82) is 0 Å². The molecule has 1 aromatic carbocycles. The van der Waals surface area contributed by atoms with Crippen molar-refractivity contribution < 1.29 is 9.59 Å². The Balaban J connectivity index is 2.91. The summed E-state index contributed by atoms with van der Waals surface area (Å²) in [5.41, 5.74) is 7.41. The zero-order valence-electron chi connectivity index (χ0n) is 10.0. The van der Waals surface area contributed by atoms with Crippen LogP contribution in [0.5, 0.6) is 0 Å². The minimum atomic E-state index is -0.257. The van der Waals surface area contributed by atoms with E-state index in [1.807, 2.05) is 6.92 Å². The fourth-order valence-electron chi connectivity index (χ4n) is 1.35. The monoisotopic (exact) mass is 235 g/mol. The van der Waals surface area contributed by atoms with Gasteiger partial charge in [-0.1, -0.05) is 13.0 Å². The van der Waals surface area contributed by atoms with Crippen LogP contribution in [0.2, 0.25) is 0 Å². The maximum atomic E-state index is 11.3. The molecule has 0 spiro atoms. The van der Waals surface area contributed by atoms with Crippen molar-refractivity contribution in [3.8, 4) is 0 Å². The summed E-state index contributed by atoms with van der Waals surface area (Å²) < 4.78 is 0. The Morgan fingerprint density at radius 3 is 2.18 bits per heavy atom. The summed E-state index contributed by atoms with van der Waals surface area (Å²) >= 11 is 0. The fourth-order valence-corrected chi connectivity index (χ4v) is 1.35. The zero-order chi connectivity index (χ0) is 12.8. The third-order valence-electron chi connectivity index (χ3n) is 2.39. The third kappa shape index (κ3) is 3.57. The van der Waals surface area contributed by atoms with Crippen LogP contribution in [0.1, 0.15) is 18.9 Å². The third-order valence-corrected chi connectivity index (χ3v) is 2.39. The topological polar surface area (TPSA) is 84.2 Å². The predicted octanol–water partition coefficient (Wildman–Crippen LogP) is 1.24. The summed E-state index contributed by atoms with van der Waals surface area (Å²) in [5.74, 6) is -0.317. The number of carbonyl (C=O) groups excluding carboxylic acids is 2. The first-order chi connectivity index (χ1) is 8.08. The van der Waals surface area contributed by atoms with E-state index < -0.39 is 0 Å². The van der Waals surface area contributed by atoms with Crippen LogP contribution in [0.4, 0.5) is 11.4 Å². The molecular formula is C12H17N3O2. The van der Waals surface area contributed by atoms with Gasteiger partial charge in [0.2, 0.25) is 11.8 Å². The second-order valence-electron chi connectivity index (χ2n) is 3.63. The van der Waals surface area contributed by atoms with Crippen LogP contribution < -0.4 is 16.4 Å². The molecule has 0 radical (unpaired) electrons. The van der Waals surface area contributed by atoms with Gasteiger partial charge in [0.15, 0.2) is 0 Å². The van der Waals surface area contributed by atoms with Gasteiger partial charge in [-0.05, 0) is 24.6 Å². The minimum absolute atomic E-state index is 0.0598. The fraction of sp³-hybridized carbons (Fsp3) is 0.333. The summed E-state index contributed by atoms with van der Waals surface area (Å²) in [6.07, 6.45) is 0.416. The van der Waals surface area contributed by atoms with E-state index in [1.54, 1.807) is 25.1 Å². The number of rotatable bonds is 4. The SMILES string of the molecule is CCC(=O)Nc1cccc(NC(=O)CN)c1C. The molecule has 0 unspecified atom stereocenters. The summed E-state index contributed by atoms with van der Waals surface area (Å²) in [5, 5.41) is 5.45. The molecule has 17 heavy (non-hydrogen) atoms. The van der Waals surface area contributed by atoms with Crippen molar-refractivity contribution >= 4 is 23.2 Å². The molecule has 0 aromatic heterocycles. The maximum Gasteiger partial charge on any atom is 0.238 e. The number of nitrogens with two attached hydrogens (primary N) is 1. The van der Waals surface area contributed by atoms with E-state index >= 15 is 0 Å². The number of hydrogen-bond acceptors (Lipinski definition) is 3. The minimum Gasteiger partial charge on any atom is -0.326 e. The largest absolute Gasteiger partial charge is 0.326 e. The molecule has 1 aromatic rings. The highest BCUT2D eigenvalue weighted by atomic mass is 16.2. The van der Waals surface area contributed by atoms with Crippen molar-refractivity contribution in [2.24, 2.45) is 5.73 Å². The van der Waals surface area contributed by atoms with E-state index in [0.29, 0.717) is 17.8 Å². The van der Waals surface area contributed by atoms with E-state index in [0.717, 1.165) is 5.56 Å². The molecular weight excluding hydrogens is 218 g/mol. The van der Waals surface area contributed by atoms with Crippen molar-refractivity contribution in [1.82, 2.24) is 0 Å². The molecule has 0 saturated heterocycles. The Morgan fingerprint density at radius 2 is 1.71 bits per heavy atom. The van der Waals surface area contributed by atoms with Crippen LogP contribution >= 0.6 is 0 Å². The average Bonchev–Trinajstić information content (AvgIpc) is 2.33. The van der Waals surface area contributed by atoms with Crippen LogP contribution in [-0.2, 0) is 9.59 Å². The highest BCUT2D eigenvalue weighted by Gasteiger charge is 2.07. The van der Waals surface area contributed by atoms with Crippen LogP contribution in [0.3, 0.4) is 0 Å². The Bertz CT molecular complexity index is 394. The molecule has 4 N–H and O–H groups in total. The molecule has 92 valence electrons. The molecule has 0 aliphatic heterocycles. The molecule has 1 rings (SSSR count). The highest BCUT2D eigenvalue weighted by molar-refractivity contribution is 5.96. The normalized spacial score (nSPS) is 9.82. The van der Waals surface area contributed by atoms with Gasteiger partial charge in [-0.3, -0.25) is 9.59 Å². The number of hydrogen-bond donors (Lipinski definition) is 3. The molecule has 0 heterocycles. The second-order valence-corrected chi connectivity index (χ2v) is 3.63. The van der Waals surface area contributed by atoms with Crippen LogP contribution in [0, 0.1) is 6.92 Å². The Hall–Kier alpha value is -1.88. The number of anilines is 2. The Kier molecular flexibility index (Phi) is 4.66. The lowest BCUT2D eigenvalue weighted by molar-refractivity contribution is -0.116. The van der Waals surface area contributed by atoms with E-state index in [4.69, 9.17) is 5.73 Å². The summed E-state index contributed by atoms with van der Waals surface area (Å²) in [4.78, 5) is 22.5. The smallest absolute Gasteiger partial charge is 0.238 e. The summed E-state index contributed by atoms with van der Waals surface area (Å²) in [7, 11) is 0. The van der Waals surface area contributed by atoms with Gasteiger partial charge >= 0.3 is 0 Å². The van der Waals surface area contributed by atoms with Crippen molar-refractivity contribution in [3.05, 3.63) is 23.8 Å². The number of nitrogens with one attached hydrogen (secondary N) is 2. The van der Waals surface area contributed by atoms with Gasteiger partial charge in [0.25, 0.3) is 0 Å². The maximum absolute atomic E-state index is 11.3. The van der Waals surface area contributed by atoms with Gasteiger partial charge in [-0.15, -0.1) is 0 Å². The molecule has 0 saturated carbocycles. The van der Waals surface area contributed by atoms with Crippen LogP contribution in [-0.4, -0.2) is 18.4 Å². The van der Waals surface area contributed by atoms with E-state index in [-0.39, 0.29) is 18.4 Å². The van der Waals surface area contributed by atoms with E-state index in [2.05, 4.69) is 10.6 Å². The van der Waals surface area contributed by atoms with Gasteiger partial charge in [0, 0.05) is 17.8 Å². The van der Waals surface area contributed by atoms with Gasteiger partial charge in [0.05, 0.1) is 6.54 Å². The van der Waals surface area contributed by atoms with Gasteiger partial charge in [-0.25, -0.2) is 0 Å². The van der Waals surface area contributed by atoms with E-state index in [1.165, 1.54) is 0 Å². The number of benzene rings is 1. The lowest BCUT2D eigenvalue weighted by atomic mass is 10.1. The average molecular weight is 235 g/mol. The van der Waals surface area contributed by atoms with Crippen molar-refractivity contribution in [2.75, 3.05) is 17.2 Å². The highest BCUT2D eigenvalue weighted by Crippen LogP contribution is 2.23. The quantitative estimate of drug-likeness (QED) is 0.734. The molecule has 2 amide bonds. The molecule has 5 nitrogen and oxygen atoms in total. The van der Waals surface area contributed by atoms with Crippen LogP contribution in [0.15, 0.2) is 18.2 Å². The Labute approximate surface area is 100 Å². The van der Waals surface area contributed by atoms with Gasteiger partial charge in [0.1, 0.15) is 0 Å². The van der Waals surface area contributed by atoms with Crippen molar-refractivity contribution in [3.63, 3.8) is 0 Å². The second kappa shape index (κ2) is 6.00. The Morgan fingerprint density at radius 1 is 1.18 bits per heavy atom. The van der Waals surface area contributed by atoms with Gasteiger partial charge in [-0.2, -0.15) is 0 Å². The standard InChI is InChI=1S/C12H17N3O2/c1-3-11(16)14-9-5-4-6-10(8(9)2)15-12(17)7-13/h4-6H,3,7,13H2,1-2H3,(H,14,16)(H,15,17). The molecule has 0 bridgehead atoms. The molecule has 0 aliphatic rings. The summed E-state index contributed by atoms with van der Waals surface area (Å²) in [6, 6.07) is 5.33. The molecule has 0 fully saturated rings. The molecule has 5 heteroatoms. The molecule has 0 aliphatic carbocycles. The first-order valence-corrected chi connectivity index (χ1v) is 5.47. The first kappa shape index (κ1) is 13.2. The molecule has 0 atom stereocenters.